The fourth-order valence-corrected chi connectivity index (χ4v) is 8.90. The van der Waals surface area contributed by atoms with Gasteiger partial charge in [0.2, 0.25) is 11.8 Å². The van der Waals surface area contributed by atoms with Gasteiger partial charge in [0.1, 0.15) is 33.2 Å². The van der Waals surface area contributed by atoms with Gasteiger partial charge in [0, 0.05) is 71.3 Å². The summed E-state index contributed by atoms with van der Waals surface area (Å²) in [6, 6.07) is 36.6. The molecule has 5 heterocycles. The van der Waals surface area contributed by atoms with E-state index in [1.54, 1.807) is 21.9 Å². The highest BCUT2D eigenvalue weighted by Gasteiger charge is 2.34. The topological polar surface area (TPSA) is 138 Å². The summed E-state index contributed by atoms with van der Waals surface area (Å²) >= 11 is 12.5. The van der Waals surface area contributed by atoms with Gasteiger partial charge in [0.05, 0.1) is 0 Å². The van der Waals surface area contributed by atoms with Crippen LogP contribution in [0.15, 0.2) is 126 Å². The van der Waals surface area contributed by atoms with Crippen LogP contribution in [0.1, 0.15) is 59.5 Å². The molecule has 61 heavy (non-hydrogen) atoms. The number of anilines is 2. The third-order valence-electron chi connectivity index (χ3n) is 11.5. The minimum atomic E-state index is -0.251. The molecule has 7 aromatic rings. The van der Waals surface area contributed by atoms with Crippen molar-refractivity contribution in [3.8, 4) is 22.6 Å². The molecule has 0 saturated carbocycles. The van der Waals surface area contributed by atoms with Crippen LogP contribution in [-0.4, -0.2) is 68.6 Å². The number of amides is 4. The smallest absolute Gasteiger partial charge is 0.273 e. The molecule has 2 atom stereocenters. The third-order valence-corrected chi connectivity index (χ3v) is 11.8. The maximum absolute atomic E-state index is 13.7. The second-order valence-electron chi connectivity index (χ2n) is 15.4. The molecule has 0 unspecified atom stereocenters. The first-order valence-electron chi connectivity index (χ1n) is 20.3. The zero-order chi connectivity index (χ0) is 42.0. The van der Waals surface area contributed by atoms with Crippen molar-refractivity contribution < 1.29 is 23.6 Å². The maximum Gasteiger partial charge on any atom is 0.273 e. The van der Waals surface area contributed by atoms with Gasteiger partial charge in [-0.3, -0.25) is 19.2 Å². The Morgan fingerprint density at radius 3 is 1.41 bits per heavy atom. The Morgan fingerprint density at radius 1 is 0.574 bits per heavy atom. The monoisotopic (exact) mass is 850 g/mol. The minimum absolute atomic E-state index is 0.163. The molecule has 0 aliphatic carbocycles. The summed E-state index contributed by atoms with van der Waals surface area (Å²) < 4.78 is 6.21. The molecule has 0 radical (unpaired) electrons. The highest BCUT2D eigenvalue weighted by molar-refractivity contribution is 6.31. The number of benzene rings is 4. The van der Waals surface area contributed by atoms with Crippen LogP contribution >= 0.6 is 23.2 Å². The SMILES string of the molecule is O=C(C[C@@H]1CCCN1C(=O)c1nc(Cl)cc2ccccc12)Nc1ccc(-c2ccc(-c3ccc(NC(=O)C[C@@H]4CCCN4C(=O)c4nc(Cl)cc5ccccc45)cc3)o2)cc1. The van der Waals surface area contributed by atoms with E-state index in [4.69, 9.17) is 27.6 Å². The van der Waals surface area contributed by atoms with E-state index in [9.17, 15) is 19.2 Å². The first-order chi connectivity index (χ1) is 29.7. The molecule has 0 spiro atoms. The number of halogens is 2. The number of nitrogens with zero attached hydrogens (tertiary/aromatic N) is 4. The molecule has 0 bridgehead atoms. The number of fused-ring (bicyclic) bond motifs is 2. The Balaban J connectivity index is 0.782. The van der Waals surface area contributed by atoms with Gasteiger partial charge in [-0.2, -0.15) is 0 Å². The Labute approximate surface area is 361 Å². The van der Waals surface area contributed by atoms with Crippen LogP contribution in [0.25, 0.3) is 44.2 Å². The molecular formula is C48H40Cl2N6O5. The number of hydrogen-bond donors (Lipinski definition) is 2. The molecule has 13 heteroatoms. The molecule has 2 aliphatic heterocycles. The van der Waals surface area contributed by atoms with E-state index in [0.717, 1.165) is 58.4 Å². The molecular weight excluding hydrogens is 811 g/mol. The average Bonchev–Trinajstić information content (AvgIpc) is 4.05. The molecule has 11 nitrogen and oxygen atoms in total. The number of likely N-dealkylation sites (tertiary alicyclic amines) is 2. The van der Waals surface area contributed by atoms with Gasteiger partial charge in [-0.25, -0.2) is 9.97 Å². The fourth-order valence-electron chi connectivity index (χ4n) is 8.50. The van der Waals surface area contributed by atoms with Crippen molar-refractivity contribution in [2.24, 2.45) is 0 Å². The third kappa shape index (κ3) is 8.57. The van der Waals surface area contributed by atoms with E-state index in [-0.39, 0.29) is 58.9 Å². The number of pyridine rings is 2. The number of nitrogens with one attached hydrogen (secondary N) is 2. The zero-order valence-electron chi connectivity index (χ0n) is 32.9. The summed E-state index contributed by atoms with van der Waals surface area (Å²) in [6.45, 7) is 1.10. The summed E-state index contributed by atoms with van der Waals surface area (Å²) in [5.41, 5.74) is 3.54. The van der Waals surface area contributed by atoms with Crippen LogP contribution in [-0.2, 0) is 9.59 Å². The van der Waals surface area contributed by atoms with Crippen LogP contribution in [0.5, 0.6) is 0 Å². The number of rotatable bonds is 10. The standard InChI is InChI=1S/C48H40Cl2N6O5/c49-41-25-31-7-1-3-11-37(31)45(53-41)47(59)55-23-5-9-35(55)27-43(57)51-33-17-13-29(14-18-33)39-21-22-40(61-39)30-15-19-34(20-16-30)52-44(58)28-36-10-6-24-56(36)48(60)46-38-12-4-2-8-32(38)26-42(50)54-46/h1-4,7-8,11-22,25-26,35-36H,5-6,9-10,23-24,27-28H2,(H,51,57)(H,52,58)/t35-,36-/m0/s1. The van der Waals surface area contributed by atoms with Crippen molar-refractivity contribution in [2.45, 2.75) is 50.6 Å². The van der Waals surface area contributed by atoms with Crippen molar-refractivity contribution in [1.29, 1.82) is 0 Å². The molecule has 9 rings (SSSR count). The normalized spacial score (nSPS) is 16.3. The maximum atomic E-state index is 13.7. The highest BCUT2D eigenvalue weighted by Crippen LogP contribution is 2.32. The zero-order valence-corrected chi connectivity index (χ0v) is 34.5. The van der Waals surface area contributed by atoms with Crippen molar-refractivity contribution >= 4 is 79.8 Å². The van der Waals surface area contributed by atoms with Crippen molar-refractivity contribution in [2.75, 3.05) is 23.7 Å². The Hall–Kier alpha value is -6.56. The lowest BCUT2D eigenvalue weighted by Gasteiger charge is -2.24. The van der Waals surface area contributed by atoms with Crippen molar-refractivity contribution in [3.05, 3.63) is 143 Å². The first kappa shape index (κ1) is 39.9. The lowest BCUT2D eigenvalue weighted by Crippen LogP contribution is -2.38. The van der Waals surface area contributed by atoms with Crippen LogP contribution in [0, 0.1) is 0 Å². The van der Waals surface area contributed by atoms with Gasteiger partial charge in [0.25, 0.3) is 11.8 Å². The summed E-state index contributed by atoms with van der Waals surface area (Å²) in [5, 5.41) is 9.61. The molecule has 4 aromatic carbocycles. The summed E-state index contributed by atoms with van der Waals surface area (Å²) in [7, 11) is 0. The summed E-state index contributed by atoms with van der Waals surface area (Å²) in [4.78, 5) is 65.9. The second kappa shape index (κ2) is 17.2. The largest absolute Gasteiger partial charge is 0.456 e. The van der Waals surface area contributed by atoms with Gasteiger partial charge in [-0.1, -0.05) is 71.7 Å². The highest BCUT2D eigenvalue weighted by atomic mass is 35.5. The average molecular weight is 852 g/mol. The van der Waals surface area contributed by atoms with Gasteiger partial charge in [-0.15, -0.1) is 0 Å². The molecule has 2 N–H and O–H groups in total. The van der Waals surface area contributed by atoms with Crippen LogP contribution in [0.2, 0.25) is 10.3 Å². The van der Waals surface area contributed by atoms with E-state index in [1.165, 1.54) is 0 Å². The van der Waals surface area contributed by atoms with Crippen LogP contribution < -0.4 is 10.6 Å². The molecule has 2 saturated heterocycles. The lowest BCUT2D eigenvalue weighted by atomic mass is 10.1. The quantitative estimate of drug-likeness (QED) is 0.131. The van der Waals surface area contributed by atoms with Crippen molar-refractivity contribution in [3.63, 3.8) is 0 Å². The van der Waals surface area contributed by atoms with E-state index >= 15 is 0 Å². The molecule has 2 aliphatic rings. The molecule has 306 valence electrons. The lowest BCUT2D eigenvalue weighted by molar-refractivity contribution is -0.117. The number of aromatic nitrogens is 2. The predicted octanol–water partition coefficient (Wildman–Crippen LogP) is 10.3. The Kier molecular flexibility index (Phi) is 11.2. The van der Waals surface area contributed by atoms with Gasteiger partial charge >= 0.3 is 0 Å². The predicted molar refractivity (Wildman–Crippen MR) is 238 cm³/mol. The molecule has 3 aromatic heterocycles. The van der Waals surface area contributed by atoms with Gasteiger partial charge in [0.15, 0.2) is 0 Å². The Morgan fingerprint density at radius 2 is 0.984 bits per heavy atom. The molecule has 4 amide bonds. The number of furan rings is 1. The van der Waals surface area contributed by atoms with E-state index in [0.29, 0.717) is 47.4 Å². The van der Waals surface area contributed by atoms with Crippen LogP contribution in [0.4, 0.5) is 11.4 Å². The van der Waals surface area contributed by atoms with Gasteiger partial charge < -0.3 is 24.9 Å². The van der Waals surface area contributed by atoms with E-state index < -0.39 is 0 Å². The van der Waals surface area contributed by atoms with Crippen LogP contribution in [0.3, 0.4) is 0 Å². The number of carbonyl (C=O) groups excluding carboxylic acids is 4. The van der Waals surface area contributed by atoms with Crippen molar-refractivity contribution in [1.82, 2.24) is 19.8 Å². The van der Waals surface area contributed by atoms with E-state index in [1.807, 2.05) is 109 Å². The minimum Gasteiger partial charge on any atom is -0.456 e. The number of hydrogen-bond acceptors (Lipinski definition) is 7. The first-order valence-corrected chi connectivity index (χ1v) is 21.1. The van der Waals surface area contributed by atoms with E-state index in [2.05, 4.69) is 20.6 Å². The second-order valence-corrected chi connectivity index (χ2v) is 16.2. The number of carbonyl (C=O) groups is 4. The molecule has 2 fully saturated rings. The summed E-state index contributed by atoms with van der Waals surface area (Å²) in [6.07, 6.45) is 3.37. The van der Waals surface area contributed by atoms with Gasteiger partial charge in [-0.05, 0) is 109 Å². The fraction of sp³-hybridized carbons (Fsp3) is 0.208. The Bertz CT molecular complexity index is 2620. The summed E-state index contributed by atoms with van der Waals surface area (Å²) in [5.74, 6) is 0.500.